The monoisotopic (exact) mass is 298 g/mol. The highest BCUT2D eigenvalue weighted by Crippen LogP contribution is 2.19. The van der Waals surface area contributed by atoms with E-state index in [-0.39, 0.29) is 23.7 Å². The zero-order valence-corrected chi connectivity index (χ0v) is 13.8. The molecule has 0 amide bonds. The molecule has 5 nitrogen and oxygen atoms in total. The third-order valence-corrected chi connectivity index (χ3v) is 3.78. The van der Waals surface area contributed by atoms with Crippen LogP contribution in [-0.2, 0) is 4.79 Å². The second-order valence-corrected chi connectivity index (χ2v) is 5.79. The molecule has 0 radical (unpaired) electrons. The van der Waals surface area contributed by atoms with Gasteiger partial charge in [0, 0.05) is 12.5 Å². The molecule has 0 saturated heterocycles. The lowest BCUT2D eigenvalue weighted by Gasteiger charge is -2.19. The highest BCUT2D eigenvalue weighted by molar-refractivity contribution is 5.86. The average molecular weight is 298 g/mol. The zero-order chi connectivity index (χ0) is 16.1. The minimum absolute atomic E-state index is 0.0923. The van der Waals surface area contributed by atoms with Gasteiger partial charge < -0.3 is 17.2 Å². The van der Waals surface area contributed by atoms with Crippen molar-refractivity contribution in [3.8, 4) is 0 Å². The van der Waals surface area contributed by atoms with Crippen LogP contribution in [-0.4, -0.2) is 24.3 Å². The Balaban J connectivity index is 4.14. The van der Waals surface area contributed by atoms with Crippen molar-refractivity contribution in [3.05, 3.63) is 0 Å². The van der Waals surface area contributed by atoms with Crippen LogP contribution in [0.15, 0.2) is 4.99 Å². The second-order valence-electron chi connectivity index (χ2n) is 5.79. The van der Waals surface area contributed by atoms with Crippen molar-refractivity contribution in [1.82, 2.24) is 0 Å². The van der Waals surface area contributed by atoms with Gasteiger partial charge in [-0.1, -0.05) is 46.0 Å². The molecule has 0 fully saturated rings. The summed E-state index contributed by atoms with van der Waals surface area (Å²) in [6.45, 7) is 4.86. The number of Topliss-reactive ketones (excluding diaryl/α,β-unsaturated/α-hetero) is 1. The Kier molecular flexibility index (Phi) is 12.0. The molecule has 0 heterocycles. The summed E-state index contributed by atoms with van der Waals surface area (Å²) >= 11 is 0. The van der Waals surface area contributed by atoms with Crippen molar-refractivity contribution in [2.45, 2.75) is 77.7 Å². The fourth-order valence-corrected chi connectivity index (χ4v) is 2.56. The van der Waals surface area contributed by atoms with E-state index in [1.807, 2.05) is 0 Å². The van der Waals surface area contributed by atoms with Crippen molar-refractivity contribution < 1.29 is 4.79 Å². The molecule has 0 aromatic carbocycles. The number of hydrogen-bond donors (Lipinski definition) is 3. The highest BCUT2D eigenvalue weighted by atomic mass is 16.1. The summed E-state index contributed by atoms with van der Waals surface area (Å²) in [6.07, 6.45) is 9.18. The zero-order valence-electron chi connectivity index (χ0n) is 13.8. The lowest BCUT2D eigenvalue weighted by atomic mass is 9.87. The van der Waals surface area contributed by atoms with E-state index in [1.165, 1.54) is 19.3 Å². The molecule has 2 atom stereocenters. The van der Waals surface area contributed by atoms with Crippen molar-refractivity contribution in [2.24, 2.45) is 28.1 Å². The number of carbonyl (C=O) groups excluding carboxylic acids is 1. The molecule has 5 heteroatoms. The van der Waals surface area contributed by atoms with Gasteiger partial charge >= 0.3 is 0 Å². The quantitative estimate of drug-likeness (QED) is 0.275. The molecule has 0 bridgehead atoms. The molecule has 1 unspecified atom stereocenters. The third-order valence-electron chi connectivity index (χ3n) is 3.78. The van der Waals surface area contributed by atoms with Crippen LogP contribution in [0.25, 0.3) is 0 Å². The van der Waals surface area contributed by atoms with Gasteiger partial charge in [0.2, 0.25) is 0 Å². The largest absolute Gasteiger partial charge is 0.370 e. The molecule has 21 heavy (non-hydrogen) atoms. The molecule has 0 saturated carbocycles. The molecule has 0 rings (SSSR count). The summed E-state index contributed by atoms with van der Waals surface area (Å²) in [7, 11) is 0. The van der Waals surface area contributed by atoms with Gasteiger partial charge in [-0.3, -0.25) is 9.79 Å². The molecular weight excluding hydrogens is 264 g/mol. The van der Waals surface area contributed by atoms with E-state index in [9.17, 15) is 4.79 Å². The summed E-state index contributed by atoms with van der Waals surface area (Å²) in [6, 6.07) is -0.373. The summed E-state index contributed by atoms with van der Waals surface area (Å²) < 4.78 is 0. The molecule has 124 valence electrons. The lowest BCUT2D eigenvalue weighted by molar-refractivity contribution is -0.124. The van der Waals surface area contributed by atoms with Crippen LogP contribution in [0.3, 0.4) is 0 Å². The normalized spacial score (nSPS) is 13.7. The maximum atomic E-state index is 12.4. The summed E-state index contributed by atoms with van der Waals surface area (Å²) in [5.41, 5.74) is 16.6. The minimum Gasteiger partial charge on any atom is -0.370 e. The SMILES string of the molecule is CCCCCCC(CCC)C(=O)[C@H](N)CCCN=C(N)N. The first-order chi connectivity index (χ1) is 10.0. The van der Waals surface area contributed by atoms with Gasteiger partial charge in [0.15, 0.2) is 11.7 Å². The van der Waals surface area contributed by atoms with Gasteiger partial charge in [-0.15, -0.1) is 0 Å². The predicted octanol–water partition coefficient (Wildman–Crippen LogP) is 2.32. The molecule has 0 aliphatic carbocycles. The van der Waals surface area contributed by atoms with Crippen molar-refractivity contribution in [3.63, 3.8) is 0 Å². The smallest absolute Gasteiger partial charge is 0.185 e. The van der Waals surface area contributed by atoms with Crippen LogP contribution in [0, 0.1) is 5.92 Å². The Morgan fingerprint density at radius 3 is 2.24 bits per heavy atom. The Labute approximate surface area is 129 Å². The van der Waals surface area contributed by atoms with Crippen molar-refractivity contribution in [2.75, 3.05) is 6.54 Å². The first kappa shape index (κ1) is 19.9. The number of ketones is 1. The average Bonchev–Trinajstić information content (AvgIpc) is 2.45. The lowest BCUT2D eigenvalue weighted by Crippen LogP contribution is -2.36. The van der Waals surface area contributed by atoms with Crippen LogP contribution in [0.5, 0.6) is 0 Å². The highest BCUT2D eigenvalue weighted by Gasteiger charge is 2.22. The number of carbonyl (C=O) groups is 1. The summed E-state index contributed by atoms with van der Waals surface area (Å²) in [5.74, 6) is 0.442. The fourth-order valence-electron chi connectivity index (χ4n) is 2.56. The number of hydrogen-bond acceptors (Lipinski definition) is 3. The van der Waals surface area contributed by atoms with E-state index in [1.54, 1.807) is 0 Å². The maximum Gasteiger partial charge on any atom is 0.185 e. The molecule has 0 aliphatic heterocycles. The van der Waals surface area contributed by atoms with Gasteiger partial charge in [-0.25, -0.2) is 0 Å². The summed E-state index contributed by atoms with van der Waals surface area (Å²) in [4.78, 5) is 16.3. The standard InChI is InChI=1S/C16H34N4O/c1-3-5-6-7-10-13(9-4-2)15(21)14(17)11-8-12-20-16(18)19/h13-14H,3-12,17H2,1-2H3,(H4,18,19,20)/t13?,14-/m1/s1. The van der Waals surface area contributed by atoms with Gasteiger partial charge in [0.05, 0.1) is 6.04 Å². The number of nitrogens with zero attached hydrogens (tertiary/aromatic N) is 1. The van der Waals surface area contributed by atoms with Crippen LogP contribution >= 0.6 is 0 Å². The molecule has 0 spiro atoms. The summed E-state index contributed by atoms with van der Waals surface area (Å²) in [5, 5.41) is 0. The molecule has 0 aromatic rings. The number of unbranched alkanes of at least 4 members (excludes halogenated alkanes) is 3. The number of nitrogens with two attached hydrogens (primary N) is 3. The third kappa shape index (κ3) is 10.3. The Hall–Kier alpha value is -1.10. The number of rotatable bonds is 13. The maximum absolute atomic E-state index is 12.4. The van der Waals surface area contributed by atoms with Gasteiger partial charge in [-0.2, -0.15) is 0 Å². The van der Waals surface area contributed by atoms with Crippen molar-refractivity contribution in [1.29, 1.82) is 0 Å². The van der Waals surface area contributed by atoms with E-state index >= 15 is 0 Å². The van der Waals surface area contributed by atoms with E-state index in [0.717, 1.165) is 32.1 Å². The van der Waals surface area contributed by atoms with E-state index < -0.39 is 0 Å². The molecule has 0 aromatic heterocycles. The Morgan fingerprint density at radius 1 is 0.952 bits per heavy atom. The van der Waals surface area contributed by atoms with E-state index in [2.05, 4.69) is 18.8 Å². The number of aliphatic imine (C=N–C) groups is 1. The Bertz CT molecular complexity index is 301. The first-order valence-electron chi connectivity index (χ1n) is 8.37. The molecular formula is C16H34N4O. The second kappa shape index (κ2) is 12.6. The van der Waals surface area contributed by atoms with E-state index in [0.29, 0.717) is 13.0 Å². The van der Waals surface area contributed by atoms with E-state index in [4.69, 9.17) is 17.2 Å². The number of guanidine groups is 1. The van der Waals surface area contributed by atoms with Crippen LogP contribution in [0.4, 0.5) is 0 Å². The van der Waals surface area contributed by atoms with Gasteiger partial charge in [0.25, 0.3) is 0 Å². The minimum atomic E-state index is -0.373. The topological polar surface area (TPSA) is 107 Å². The molecule has 0 aliphatic rings. The van der Waals surface area contributed by atoms with Crippen LogP contribution in [0.2, 0.25) is 0 Å². The van der Waals surface area contributed by atoms with Crippen molar-refractivity contribution >= 4 is 11.7 Å². The van der Waals surface area contributed by atoms with Gasteiger partial charge in [-0.05, 0) is 25.7 Å². The molecule has 6 N–H and O–H groups in total. The predicted molar refractivity (Wildman–Crippen MR) is 90.1 cm³/mol. The Morgan fingerprint density at radius 2 is 1.67 bits per heavy atom. The first-order valence-corrected chi connectivity index (χ1v) is 8.37. The van der Waals surface area contributed by atoms with Crippen LogP contribution < -0.4 is 17.2 Å². The van der Waals surface area contributed by atoms with Gasteiger partial charge in [0.1, 0.15) is 0 Å². The fraction of sp³-hybridized carbons (Fsp3) is 0.875. The van der Waals surface area contributed by atoms with Crippen LogP contribution in [0.1, 0.15) is 71.6 Å².